The number of carbonyl (C=O) groups is 1. The number of aromatic amines is 1. The first-order valence-corrected chi connectivity index (χ1v) is 11.6. The van der Waals surface area contributed by atoms with Gasteiger partial charge in [0.05, 0.1) is 11.4 Å². The minimum atomic E-state index is -0.104. The molecule has 0 saturated heterocycles. The number of nitrogens with zero attached hydrogens (tertiary/aromatic N) is 1. The van der Waals surface area contributed by atoms with Crippen LogP contribution in [0, 0.1) is 12.8 Å². The average Bonchev–Trinajstić information content (AvgIpc) is 2.71. The Hall–Kier alpha value is -2.08. The molecule has 0 aliphatic heterocycles. The Labute approximate surface area is 177 Å². The molecule has 156 valence electrons. The Morgan fingerprint density at radius 1 is 1.21 bits per heavy atom. The maximum absolute atomic E-state index is 12.7. The molecule has 1 heterocycles. The number of amides is 1. The van der Waals surface area contributed by atoms with E-state index in [-0.39, 0.29) is 17.2 Å². The van der Waals surface area contributed by atoms with Gasteiger partial charge in [0.1, 0.15) is 0 Å². The van der Waals surface area contributed by atoms with Gasteiger partial charge < -0.3 is 10.3 Å². The highest BCUT2D eigenvalue weighted by molar-refractivity contribution is 7.99. The summed E-state index contributed by atoms with van der Waals surface area (Å²) in [5.74, 6) is 0.733. The predicted octanol–water partition coefficient (Wildman–Crippen LogP) is 4.88. The van der Waals surface area contributed by atoms with Gasteiger partial charge in [-0.3, -0.25) is 9.59 Å². The molecule has 1 amide bonds. The van der Waals surface area contributed by atoms with Crippen molar-refractivity contribution in [3.63, 3.8) is 0 Å². The van der Waals surface area contributed by atoms with Gasteiger partial charge in [0.2, 0.25) is 5.91 Å². The number of H-pyrrole nitrogens is 1. The molecule has 0 spiro atoms. The van der Waals surface area contributed by atoms with Crippen molar-refractivity contribution in [2.24, 2.45) is 5.92 Å². The van der Waals surface area contributed by atoms with Crippen LogP contribution in [0.5, 0.6) is 0 Å². The molecule has 29 heavy (non-hydrogen) atoms. The molecule has 1 aromatic carbocycles. The van der Waals surface area contributed by atoms with E-state index in [2.05, 4.69) is 17.2 Å². The lowest BCUT2D eigenvalue weighted by atomic mass is 9.85. The monoisotopic (exact) mass is 413 g/mol. The third-order valence-corrected chi connectivity index (χ3v) is 6.33. The van der Waals surface area contributed by atoms with Crippen molar-refractivity contribution in [1.82, 2.24) is 9.97 Å². The summed E-state index contributed by atoms with van der Waals surface area (Å²) in [5, 5.41) is 3.43. The van der Waals surface area contributed by atoms with Gasteiger partial charge in [-0.15, -0.1) is 0 Å². The topological polar surface area (TPSA) is 74.8 Å². The van der Waals surface area contributed by atoms with Crippen molar-refractivity contribution in [3.05, 3.63) is 51.4 Å². The van der Waals surface area contributed by atoms with Gasteiger partial charge in [0.25, 0.3) is 5.56 Å². The fraction of sp³-hybridized carbons (Fsp3) is 0.522. The summed E-state index contributed by atoms with van der Waals surface area (Å²) in [6.07, 6.45) is 8.87. The fourth-order valence-electron chi connectivity index (χ4n) is 3.90. The number of aromatic nitrogens is 2. The number of nitrogens with one attached hydrogen (secondary N) is 2. The van der Waals surface area contributed by atoms with E-state index in [1.54, 1.807) is 0 Å². The van der Waals surface area contributed by atoms with Gasteiger partial charge in [0.15, 0.2) is 5.16 Å². The van der Waals surface area contributed by atoms with Crippen LogP contribution in [-0.4, -0.2) is 21.6 Å². The van der Waals surface area contributed by atoms with E-state index in [0.29, 0.717) is 11.1 Å². The van der Waals surface area contributed by atoms with Crippen LogP contribution in [0.3, 0.4) is 0 Å². The van der Waals surface area contributed by atoms with Gasteiger partial charge in [-0.2, -0.15) is 0 Å². The van der Waals surface area contributed by atoms with Crippen LogP contribution in [0.4, 0.5) is 5.69 Å². The van der Waals surface area contributed by atoms with Crippen LogP contribution in [0.2, 0.25) is 0 Å². The highest BCUT2D eigenvalue weighted by Crippen LogP contribution is 2.27. The molecule has 1 aromatic heterocycles. The second-order valence-electron chi connectivity index (χ2n) is 7.96. The van der Waals surface area contributed by atoms with Crippen molar-refractivity contribution in [2.75, 3.05) is 11.1 Å². The normalized spacial score (nSPS) is 14.7. The zero-order chi connectivity index (χ0) is 20.6. The number of rotatable bonds is 8. The standard InChI is InChI=1S/C23H31N3O2S/c1-3-7-19-20(14-17-8-5-4-6-9-17)25-23(26-22(19)28)29-15-21(27)24-18-12-10-16(2)11-13-18/h10-13,17H,3-9,14-15H2,1-2H3,(H,24,27)(H,25,26,28). The summed E-state index contributed by atoms with van der Waals surface area (Å²) < 4.78 is 0. The number of thioether (sulfide) groups is 1. The highest BCUT2D eigenvalue weighted by atomic mass is 32.2. The number of hydrogen-bond acceptors (Lipinski definition) is 4. The Kier molecular flexibility index (Phi) is 7.92. The molecule has 1 aliphatic carbocycles. The quantitative estimate of drug-likeness (QED) is 0.477. The molecule has 2 N–H and O–H groups in total. The number of benzene rings is 1. The first-order chi connectivity index (χ1) is 14.0. The third kappa shape index (κ3) is 6.46. The summed E-state index contributed by atoms with van der Waals surface area (Å²) in [6, 6.07) is 7.71. The highest BCUT2D eigenvalue weighted by Gasteiger charge is 2.19. The second kappa shape index (κ2) is 10.6. The lowest BCUT2D eigenvalue weighted by Crippen LogP contribution is -2.22. The van der Waals surface area contributed by atoms with Gasteiger partial charge >= 0.3 is 0 Å². The third-order valence-electron chi connectivity index (χ3n) is 5.46. The Morgan fingerprint density at radius 3 is 2.62 bits per heavy atom. The van der Waals surface area contributed by atoms with Crippen LogP contribution in [0.15, 0.2) is 34.2 Å². The summed E-state index contributed by atoms with van der Waals surface area (Å²) >= 11 is 1.29. The van der Waals surface area contributed by atoms with Crippen LogP contribution in [0.25, 0.3) is 0 Å². The molecular weight excluding hydrogens is 382 g/mol. The van der Waals surface area contributed by atoms with Gasteiger partial charge in [-0.1, -0.05) is 74.9 Å². The van der Waals surface area contributed by atoms with Crippen molar-refractivity contribution in [3.8, 4) is 0 Å². The smallest absolute Gasteiger partial charge is 0.254 e. The van der Waals surface area contributed by atoms with Crippen LogP contribution < -0.4 is 10.9 Å². The van der Waals surface area contributed by atoms with Crippen molar-refractivity contribution in [1.29, 1.82) is 0 Å². The first kappa shape index (κ1) is 21.6. The Bertz CT molecular complexity index is 871. The number of hydrogen-bond donors (Lipinski definition) is 2. The predicted molar refractivity (Wildman–Crippen MR) is 120 cm³/mol. The molecule has 1 fully saturated rings. The van der Waals surface area contributed by atoms with Crippen molar-refractivity contribution >= 4 is 23.4 Å². The molecule has 0 radical (unpaired) electrons. The lowest BCUT2D eigenvalue weighted by molar-refractivity contribution is -0.113. The summed E-state index contributed by atoms with van der Waals surface area (Å²) in [7, 11) is 0. The van der Waals surface area contributed by atoms with Gasteiger partial charge in [-0.25, -0.2) is 4.98 Å². The summed E-state index contributed by atoms with van der Waals surface area (Å²) in [5.41, 5.74) is 3.64. The largest absolute Gasteiger partial charge is 0.325 e. The van der Waals surface area contributed by atoms with Crippen LogP contribution in [-0.2, 0) is 17.6 Å². The SMILES string of the molecule is CCCc1c(CC2CCCCC2)nc(SCC(=O)Nc2ccc(C)cc2)[nH]c1=O. The van der Waals surface area contributed by atoms with E-state index in [4.69, 9.17) is 4.98 Å². The van der Waals surface area contributed by atoms with Crippen LogP contribution in [0.1, 0.15) is 62.3 Å². The van der Waals surface area contributed by atoms with E-state index < -0.39 is 0 Å². The minimum absolute atomic E-state index is 0.0471. The summed E-state index contributed by atoms with van der Waals surface area (Å²) in [6.45, 7) is 4.10. The van der Waals surface area contributed by atoms with E-state index in [1.807, 2.05) is 31.2 Å². The molecule has 3 rings (SSSR count). The average molecular weight is 414 g/mol. The maximum atomic E-state index is 12.7. The number of carbonyl (C=O) groups excluding carboxylic acids is 1. The molecule has 0 unspecified atom stereocenters. The van der Waals surface area contributed by atoms with Crippen molar-refractivity contribution in [2.45, 2.75) is 70.4 Å². The van der Waals surface area contributed by atoms with Crippen molar-refractivity contribution < 1.29 is 4.79 Å². The zero-order valence-electron chi connectivity index (χ0n) is 17.4. The van der Waals surface area contributed by atoms with E-state index >= 15 is 0 Å². The number of anilines is 1. The molecule has 2 aromatic rings. The molecule has 0 bridgehead atoms. The Balaban J connectivity index is 1.67. The second-order valence-corrected chi connectivity index (χ2v) is 8.92. The molecule has 1 aliphatic rings. The first-order valence-electron chi connectivity index (χ1n) is 10.7. The minimum Gasteiger partial charge on any atom is -0.325 e. The molecular formula is C23H31N3O2S. The Morgan fingerprint density at radius 2 is 1.93 bits per heavy atom. The van der Waals surface area contributed by atoms with E-state index in [9.17, 15) is 9.59 Å². The lowest BCUT2D eigenvalue weighted by Gasteiger charge is -2.22. The maximum Gasteiger partial charge on any atom is 0.254 e. The van der Waals surface area contributed by atoms with E-state index in [0.717, 1.165) is 41.8 Å². The molecule has 1 saturated carbocycles. The van der Waals surface area contributed by atoms with Gasteiger partial charge in [-0.05, 0) is 37.8 Å². The molecule has 6 heteroatoms. The van der Waals surface area contributed by atoms with Gasteiger partial charge in [0, 0.05) is 11.3 Å². The summed E-state index contributed by atoms with van der Waals surface area (Å²) in [4.78, 5) is 32.6. The zero-order valence-corrected chi connectivity index (χ0v) is 18.2. The number of aryl methyl sites for hydroxylation is 1. The molecule has 0 atom stereocenters. The molecule has 5 nitrogen and oxygen atoms in total. The fourth-order valence-corrected chi connectivity index (χ4v) is 4.58. The van der Waals surface area contributed by atoms with Crippen LogP contribution >= 0.6 is 11.8 Å². The van der Waals surface area contributed by atoms with E-state index in [1.165, 1.54) is 43.9 Å².